The highest BCUT2D eigenvalue weighted by molar-refractivity contribution is 7.78. The predicted octanol–water partition coefficient (Wildman–Crippen LogP) is 3.00. The van der Waals surface area contributed by atoms with Gasteiger partial charge in [-0.05, 0) is 58.7 Å². The van der Waals surface area contributed by atoms with Crippen molar-refractivity contribution in [2.24, 2.45) is 15.7 Å². The molecule has 1 heterocycles. The molecular weight excluding hydrogens is 322 g/mol. The van der Waals surface area contributed by atoms with Gasteiger partial charge < -0.3 is 15.8 Å². The minimum atomic E-state index is -0.216. The first kappa shape index (κ1) is 18.4. The summed E-state index contributed by atoms with van der Waals surface area (Å²) in [5.41, 5.74) is 7.75. The van der Waals surface area contributed by atoms with Crippen molar-refractivity contribution >= 4 is 24.7 Å². The number of guanidine groups is 2. The van der Waals surface area contributed by atoms with Gasteiger partial charge in [0.05, 0.1) is 6.04 Å². The van der Waals surface area contributed by atoms with Gasteiger partial charge in [0.2, 0.25) is 11.9 Å². The lowest BCUT2D eigenvalue weighted by atomic mass is 10.0. The van der Waals surface area contributed by atoms with Gasteiger partial charge in [0.15, 0.2) is 0 Å². The van der Waals surface area contributed by atoms with Gasteiger partial charge in [0, 0.05) is 0 Å². The second-order valence-corrected chi connectivity index (χ2v) is 7.44. The standard InChI is InChI=1S/C17H27N5OS/c1-10-9-13(7-8-14(10)23-17(4,5)6)11(2)19-16-21-15(18)20-12(3)22(16)24/h7-9,11-12,24H,1-6H3,(H3,18,19,20,21). The van der Waals surface area contributed by atoms with E-state index in [-0.39, 0.29) is 23.8 Å². The summed E-state index contributed by atoms with van der Waals surface area (Å²) in [6, 6.07) is 6.22. The van der Waals surface area contributed by atoms with E-state index in [1.807, 2.05) is 40.7 Å². The molecule has 7 heteroatoms. The molecule has 0 radical (unpaired) electrons. The second-order valence-electron chi connectivity index (χ2n) is 7.00. The fraction of sp³-hybridized carbons (Fsp3) is 0.529. The Balaban J connectivity index is 2.14. The number of benzene rings is 1. The summed E-state index contributed by atoms with van der Waals surface area (Å²) in [7, 11) is 0. The van der Waals surface area contributed by atoms with Crippen molar-refractivity contribution in [2.45, 2.75) is 59.4 Å². The summed E-state index contributed by atoms with van der Waals surface area (Å²) in [4.78, 5) is 8.38. The third-order valence-electron chi connectivity index (χ3n) is 3.57. The van der Waals surface area contributed by atoms with Crippen LogP contribution in [-0.2, 0) is 0 Å². The highest BCUT2D eigenvalue weighted by atomic mass is 32.1. The Morgan fingerprint density at radius 2 is 2.04 bits per heavy atom. The van der Waals surface area contributed by atoms with E-state index in [9.17, 15) is 0 Å². The highest BCUT2D eigenvalue weighted by Crippen LogP contribution is 2.26. The number of nitrogens with two attached hydrogens (primary N) is 1. The molecule has 3 N–H and O–H groups in total. The topological polar surface area (TPSA) is 75.2 Å². The van der Waals surface area contributed by atoms with Crippen molar-refractivity contribution in [1.82, 2.24) is 9.62 Å². The Hall–Kier alpha value is -1.89. The molecule has 1 aliphatic heterocycles. The summed E-state index contributed by atoms with van der Waals surface area (Å²) in [5.74, 6) is 1.75. The average molecular weight is 350 g/mol. The van der Waals surface area contributed by atoms with Crippen molar-refractivity contribution in [3.63, 3.8) is 0 Å². The third kappa shape index (κ3) is 4.56. The van der Waals surface area contributed by atoms with Crippen LogP contribution in [0, 0.1) is 6.92 Å². The minimum absolute atomic E-state index is 0.0406. The lowest BCUT2D eigenvalue weighted by Crippen LogP contribution is -2.45. The van der Waals surface area contributed by atoms with Crippen molar-refractivity contribution in [1.29, 1.82) is 0 Å². The molecule has 0 fully saturated rings. The lowest BCUT2D eigenvalue weighted by molar-refractivity contribution is 0.130. The van der Waals surface area contributed by atoms with E-state index in [0.717, 1.165) is 16.9 Å². The zero-order valence-corrected chi connectivity index (χ0v) is 16.1. The molecule has 1 aromatic carbocycles. The monoisotopic (exact) mass is 349 g/mol. The molecule has 132 valence electrons. The SMILES string of the molecule is Cc1cc(C(C)NC2=NC(N)=NC(C)N2S)ccc1OC(C)(C)C. The fourth-order valence-electron chi connectivity index (χ4n) is 2.37. The largest absolute Gasteiger partial charge is 0.488 e. The maximum absolute atomic E-state index is 5.97. The molecule has 0 aromatic heterocycles. The van der Waals surface area contributed by atoms with Gasteiger partial charge in [-0.25, -0.2) is 4.99 Å². The van der Waals surface area contributed by atoms with E-state index in [0.29, 0.717) is 5.96 Å². The van der Waals surface area contributed by atoms with E-state index >= 15 is 0 Å². The van der Waals surface area contributed by atoms with E-state index in [2.05, 4.69) is 47.2 Å². The summed E-state index contributed by atoms with van der Waals surface area (Å²) in [5, 5.41) is 3.34. The number of thiol groups is 1. The number of aliphatic imine (C=N–C) groups is 2. The average Bonchev–Trinajstić information content (AvgIpc) is 2.45. The molecule has 2 rings (SSSR count). The molecule has 0 bridgehead atoms. The molecule has 24 heavy (non-hydrogen) atoms. The number of nitrogens with zero attached hydrogens (tertiary/aromatic N) is 3. The number of aryl methyl sites for hydroxylation is 1. The quantitative estimate of drug-likeness (QED) is 0.733. The van der Waals surface area contributed by atoms with Crippen LogP contribution in [0.4, 0.5) is 0 Å². The number of nitrogens with one attached hydrogen (secondary N) is 1. The Kier molecular flexibility index (Phi) is 5.32. The molecule has 1 aromatic rings. The van der Waals surface area contributed by atoms with E-state index in [4.69, 9.17) is 10.5 Å². The number of rotatable bonds is 3. The van der Waals surface area contributed by atoms with Gasteiger partial charge in [-0.1, -0.05) is 24.9 Å². The van der Waals surface area contributed by atoms with Crippen LogP contribution in [-0.4, -0.2) is 28.0 Å². The van der Waals surface area contributed by atoms with Gasteiger partial charge in [-0.15, -0.1) is 0 Å². The number of ether oxygens (including phenoxy) is 1. The predicted molar refractivity (Wildman–Crippen MR) is 102 cm³/mol. The van der Waals surface area contributed by atoms with Gasteiger partial charge in [-0.3, -0.25) is 4.31 Å². The van der Waals surface area contributed by atoms with Crippen LogP contribution < -0.4 is 15.8 Å². The zero-order valence-electron chi connectivity index (χ0n) is 15.2. The van der Waals surface area contributed by atoms with Gasteiger partial charge >= 0.3 is 0 Å². The Morgan fingerprint density at radius 3 is 2.62 bits per heavy atom. The van der Waals surface area contributed by atoms with Crippen molar-refractivity contribution < 1.29 is 4.74 Å². The van der Waals surface area contributed by atoms with E-state index in [1.165, 1.54) is 0 Å². The third-order valence-corrected chi connectivity index (χ3v) is 4.09. The summed E-state index contributed by atoms with van der Waals surface area (Å²) >= 11 is 4.42. The maximum atomic E-state index is 5.97. The maximum Gasteiger partial charge on any atom is 0.220 e. The first-order valence-corrected chi connectivity index (χ1v) is 8.43. The molecule has 0 spiro atoms. The zero-order chi connectivity index (χ0) is 18.1. The Labute approximate surface area is 149 Å². The number of hydrogen-bond donors (Lipinski definition) is 3. The molecule has 2 unspecified atom stereocenters. The normalized spacial score (nSPS) is 19.5. The Bertz CT molecular complexity index is 665. The van der Waals surface area contributed by atoms with Crippen LogP contribution in [0.15, 0.2) is 28.2 Å². The summed E-state index contributed by atoms with van der Waals surface area (Å²) in [6.07, 6.45) is -0.162. The molecule has 0 saturated heterocycles. The van der Waals surface area contributed by atoms with Crippen LogP contribution in [0.5, 0.6) is 5.75 Å². The number of hydrogen-bond acceptors (Lipinski definition) is 7. The fourth-order valence-corrected chi connectivity index (χ4v) is 2.53. The molecule has 6 nitrogen and oxygen atoms in total. The first-order valence-electron chi connectivity index (χ1n) is 8.03. The van der Waals surface area contributed by atoms with Gasteiger partial charge in [-0.2, -0.15) is 4.99 Å². The van der Waals surface area contributed by atoms with Crippen LogP contribution >= 0.6 is 12.8 Å². The molecule has 0 amide bonds. The van der Waals surface area contributed by atoms with Crippen molar-refractivity contribution in [3.8, 4) is 5.75 Å². The molecular formula is C17H27N5OS. The van der Waals surface area contributed by atoms with Crippen molar-refractivity contribution in [2.75, 3.05) is 0 Å². The highest BCUT2D eigenvalue weighted by Gasteiger charge is 2.22. The molecule has 0 saturated carbocycles. The van der Waals surface area contributed by atoms with Crippen LogP contribution in [0.3, 0.4) is 0 Å². The molecule has 1 aliphatic rings. The van der Waals surface area contributed by atoms with Crippen molar-refractivity contribution in [3.05, 3.63) is 29.3 Å². The summed E-state index contributed by atoms with van der Waals surface area (Å²) in [6.45, 7) is 12.1. The summed E-state index contributed by atoms with van der Waals surface area (Å²) < 4.78 is 7.63. The molecule has 0 aliphatic carbocycles. The smallest absolute Gasteiger partial charge is 0.220 e. The second kappa shape index (κ2) is 6.93. The Morgan fingerprint density at radius 1 is 1.38 bits per heavy atom. The van der Waals surface area contributed by atoms with E-state index in [1.54, 1.807) is 4.31 Å². The van der Waals surface area contributed by atoms with Gasteiger partial charge in [0.1, 0.15) is 17.5 Å². The van der Waals surface area contributed by atoms with Crippen LogP contribution in [0.1, 0.15) is 51.8 Å². The van der Waals surface area contributed by atoms with E-state index < -0.39 is 0 Å². The molecule has 2 atom stereocenters. The lowest BCUT2D eigenvalue weighted by Gasteiger charge is -2.29. The van der Waals surface area contributed by atoms with Crippen LogP contribution in [0.2, 0.25) is 0 Å². The minimum Gasteiger partial charge on any atom is -0.488 e. The first-order chi connectivity index (χ1) is 11.1. The van der Waals surface area contributed by atoms with Gasteiger partial charge in [0.25, 0.3) is 0 Å². The van der Waals surface area contributed by atoms with Crippen LogP contribution in [0.25, 0.3) is 0 Å².